The molecule has 0 unspecified atom stereocenters. The van der Waals surface area contributed by atoms with Crippen LogP contribution in [0.1, 0.15) is 5.56 Å². The van der Waals surface area contributed by atoms with Crippen molar-refractivity contribution in [1.29, 1.82) is 0 Å². The van der Waals surface area contributed by atoms with Gasteiger partial charge in [0.25, 0.3) is 0 Å². The van der Waals surface area contributed by atoms with Crippen molar-refractivity contribution in [2.45, 2.75) is 6.54 Å². The lowest BCUT2D eigenvalue weighted by molar-refractivity contribution is 0.581. The zero-order valence-corrected chi connectivity index (χ0v) is 10.2. The maximum Gasteiger partial charge on any atom is 0.316 e. The molecule has 1 aromatic carbocycles. The number of hydrogen-bond donors (Lipinski definition) is 1. The minimum atomic E-state index is 0.413. The number of nitrogens with zero attached hydrogens (tertiary/aromatic N) is 3. The van der Waals surface area contributed by atoms with Crippen LogP contribution in [0, 0.1) is 0 Å². The second kappa shape index (κ2) is 5.30. The SMILES string of the molecule is c1ccc(CNc2nnc(-c3ccncc3)o2)cc1. The average Bonchev–Trinajstić information content (AvgIpc) is 2.96. The van der Waals surface area contributed by atoms with E-state index in [1.807, 2.05) is 42.5 Å². The maximum atomic E-state index is 5.53. The Labute approximate surface area is 110 Å². The molecule has 0 aliphatic heterocycles. The predicted molar refractivity (Wildman–Crippen MR) is 71.3 cm³/mol. The summed E-state index contributed by atoms with van der Waals surface area (Å²) in [4.78, 5) is 3.95. The molecule has 5 nitrogen and oxygen atoms in total. The Morgan fingerprint density at radius 2 is 1.74 bits per heavy atom. The van der Waals surface area contributed by atoms with Gasteiger partial charge in [-0.3, -0.25) is 4.98 Å². The molecule has 0 saturated heterocycles. The van der Waals surface area contributed by atoms with E-state index in [2.05, 4.69) is 20.5 Å². The van der Waals surface area contributed by atoms with Crippen molar-refractivity contribution in [3.8, 4) is 11.5 Å². The van der Waals surface area contributed by atoms with Gasteiger partial charge in [0.2, 0.25) is 5.89 Å². The lowest BCUT2D eigenvalue weighted by Gasteiger charge is -2.00. The molecule has 0 bridgehead atoms. The van der Waals surface area contributed by atoms with E-state index in [0.29, 0.717) is 18.5 Å². The molecule has 3 aromatic rings. The number of aromatic nitrogens is 3. The third-order valence-corrected chi connectivity index (χ3v) is 2.64. The van der Waals surface area contributed by atoms with Gasteiger partial charge in [-0.2, -0.15) is 0 Å². The summed E-state index contributed by atoms with van der Waals surface area (Å²) >= 11 is 0. The maximum absolute atomic E-state index is 5.53. The molecular weight excluding hydrogens is 240 g/mol. The smallest absolute Gasteiger partial charge is 0.316 e. The molecule has 0 radical (unpaired) electrons. The third kappa shape index (κ3) is 2.77. The summed E-state index contributed by atoms with van der Waals surface area (Å²) in [5.74, 6) is 0.484. The first-order valence-corrected chi connectivity index (χ1v) is 5.93. The second-order valence-corrected chi connectivity index (χ2v) is 3.99. The molecule has 0 saturated carbocycles. The molecule has 0 amide bonds. The number of pyridine rings is 1. The fraction of sp³-hybridized carbons (Fsp3) is 0.0714. The Kier molecular flexibility index (Phi) is 3.18. The zero-order chi connectivity index (χ0) is 12.9. The van der Waals surface area contributed by atoms with E-state index in [1.165, 1.54) is 0 Å². The van der Waals surface area contributed by atoms with E-state index < -0.39 is 0 Å². The van der Waals surface area contributed by atoms with Gasteiger partial charge in [0.05, 0.1) is 0 Å². The van der Waals surface area contributed by atoms with E-state index in [0.717, 1.165) is 11.1 Å². The summed E-state index contributed by atoms with van der Waals surface area (Å²) in [7, 11) is 0. The van der Waals surface area contributed by atoms with Crippen LogP contribution < -0.4 is 5.32 Å². The Morgan fingerprint density at radius 3 is 2.53 bits per heavy atom. The van der Waals surface area contributed by atoms with Gasteiger partial charge in [-0.15, -0.1) is 5.10 Å². The van der Waals surface area contributed by atoms with Crippen LogP contribution in [0.15, 0.2) is 59.3 Å². The molecule has 0 aliphatic rings. The Bertz CT molecular complexity index is 637. The normalized spacial score (nSPS) is 10.3. The molecule has 1 N–H and O–H groups in total. The first kappa shape index (κ1) is 11.4. The van der Waals surface area contributed by atoms with Crippen molar-refractivity contribution in [3.05, 3.63) is 60.4 Å². The van der Waals surface area contributed by atoms with Crippen molar-refractivity contribution in [1.82, 2.24) is 15.2 Å². The molecule has 19 heavy (non-hydrogen) atoms. The fourth-order valence-corrected chi connectivity index (χ4v) is 1.68. The average molecular weight is 252 g/mol. The number of rotatable bonds is 4. The zero-order valence-electron chi connectivity index (χ0n) is 10.2. The first-order valence-electron chi connectivity index (χ1n) is 5.93. The summed E-state index contributed by atoms with van der Waals surface area (Å²) in [6.45, 7) is 0.652. The summed E-state index contributed by atoms with van der Waals surface area (Å²) < 4.78 is 5.53. The fourth-order valence-electron chi connectivity index (χ4n) is 1.68. The van der Waals surface area contributed by atoms with Gasteiger partial charge >= 0.3 is 6.01 Å². The Balaban J connectivity index is 1.69. The second-order valence-electron chi connectivity index (χ2n) is 3.99. The van der Waals surface area contributed by atoms with Crippen LogP contribution in [-0.2, 0) is 6.54 Å². The summed E-state index contributed by atoms with van der Waals surface area (Å²) in [5, 5.41) is 11.0. The first-order chi connectivity index (χ1) is 9.42. The van der Waals surface area contributed by atoms with E-state index in [9.17, 15) is 0 Å². The summed E-state index contributed by atoms with van der Waals surface area (Å²) in [6.07, 6.45) is 3.38. The Hall–Kier alpha value is -2.69. The third-order valence-electron chi connectivity index (χ3n) is 2.64. The van der Waals surface area contributed by atoms with Crippen LogP contribution in [0.2, 0.25) is 0 Å². The van der Waals surface area contributed by atoms with Crippen molar-refractivity contribution in [3.63, 3.8) is 0 Å². The van der Waals surface area contributed by atoms with E-state index in [-0.39, 0.29) is 0 Å². The monoisotopic (exact) mass is 252 g/mol. The molecule has 3 rings (SSSR count). The molecule has 2 aromatic heterocycles. The van der Waals surface area contributed by atoms with Gasteiger partial charge < -0.3 is 9.73 Å². The molecule has 0 aliphatic carbocycles. The Morgan fingerprint density at radius 1 is 0.947 bits per heavy atom. The molecule has 0 fully saturated rings. The molecule has 0 atom stereocenters. The minimum absolute atomic E-state index is 0.413. The molecule has 94 valence electrons. The van der Waals surface area contributed by atoms with Gasteiger partial charge in [-0.05, 0) is 17.7 Å². The van der Waals surface area contributed by atoms with Crippen molar-refractivity contribution < 1.29 is 4.42 Å². The van der Waals surface area contributed by atoms with Gasteiger partial charge in [0.15, 0.2) is 0 Å². The van der Waals surface area contributed by atoms with Gasteiger partial charge in [0.1, 0.15) is 0 Å². The summed E-state index contributed by atoms with van der Waals surface area (Å²) in [5.41, 5.74) is 2.02. The molecule has 0 spiro atoms. The van der Waals surface area contributed by atoms with Crippen LogP contribution in [0.4, 0.5) is 6.01 Å². The topological polar surface area (TPSA) is 63.8 Å². The van der Waals surface area contributed by atoms with E-state index in [1.54, 1.807) is 12.4 Å². The van der Waals surface area contributed by atoms with Gasteiger partial charge in [-0.25, -0.2) is 0 Å². The van der Waals surface area contributed by atoms with Gasteiger partial charge in [0, 0.05) is 24.5 Å². The highest BCUT2D eigenvalue weighted by atomic mass is 16.4. The standard InChI is InChI=1S/C14H12N4O/c1-2-4-11(5-3-1)10-16-14-18-17-13(19-14)12-6-8-15-9-7-12/h1-9H,10H2,(H,16,18). The number of anilines is 1. The van der Waals surface area contributed by atoms with Crippen LogP contribution in [0.5, 0.6) is 0 Å². The highest BCUT2D eigenvalue weighted by Crippen LogP contribution is 2.18. The molecule has 2 heterocycles. The van der Waals surface area contributed by atoms with Crippen LogP contribution in [0.25, 0.3) is 11.5 Å². The largest absolute Gasteiger partial charge is 0.403 e. The van der Waals surface area contributed by atoms with E-state index >= 15 is 0 Å². The lowest BCUT2D eigenvalue weighted by Crippen LogP contribution is -1.98. The highest BCUT2D eigenvalue weighted by Gasteiger charge is 2.07. The highest BCUT2D eigenvalue weighted by molar-refractivity contribution is 5.51. The number of hydrogen-bond acceptors (Lipinski definition) is 5. The summed E-state index contributed by atoms with van der Waals surface area (Å²) in [6, 6.07) is 14.1. The lowest BCUT2D eigenvalue weighted by atomic mass is 10.2. The molecule has 5 heteroatoms. The van der Waals surface area contributed by atoms with Gasteiger partial charge in [-0.1, -0.05) is 35.4 Å². The number of benzene rings is 1. The van der Waals surface area contributed by atoms with Crippen molar-refractivity contribution >= 4 is 6.01 Å². The number of nitrogens with one attached hydrogen (secondary N) is 1. The van der Waals surface area contributed by atoms with E-state index in [4.69, 9.17) is 4.42 Å². The van der Waals surface area contributed by atoms with Crippen LogP contribution >= 0.6 is 0 Å². The van der Waals surface area contributed by atoms with Crippen molar-refractivity contribution in [2.75, 3.05) is 5.32 Å². The minimum Gasteiger partial charge on any atom is -0.403 e. The molecular formula is C14H12N4O. The quantitative estimate of drug-likeness (QED) is 0.773. The van der Waals surface area contributed by atoms with Crippen LogP contribution in [0.3, 0.4) is 0 Å². The predicted octanol–water partition coefficient (Wildman–Crippen LogP) is 2.74. The van der Waals surface area contributed by atoms with Crippen LogP contribution in [-0.4, -0.2) is 15.2 Å². The van der Waals surface area contributed by atoms with Crippen molar-refractivity contribution in [2.24, 2.45) is 0 Å².